The van der Waals surface area contributed by atoms with Gasteiger partial charge in [-0.1, -0.05) is 13.3 Å². The molecule has 2 aromatic rings. The molecule has 0 aliphatic rings. The van der Waals surface area contributed by atoms with E-state index < -0.39 is 0 Å². The first-order valence-corrected chi connectivity index (χ1v) is 8.40. The molecule has 25 heavy (non-hydrogen) atoms. The zero-order valence-electron chi connectivity index (χ0n) is 15.2. The third kappa shape index (κ3) is 4.86. The molecule has 0 aliphatic carbocycles. The van der Waals surface area contributed by atoms with Crippen molar-refractivity contribution in [2.75, 3.05) is 17.7 Å². The number of aromatic amines is 1. The lowest BCUT2D eigenvalue weighted by atomic mass is 10.2. The highest BCUT2D eigenvalue weighted by molar-refractivity contribution is 6.04. The minimum Gasteiger partial charge on any atom is -0.495 e. The molecule has 1 heterocycles. The first kappa shape index (κ1) is 18.6. The van der Waals surface area contributed by atoms with E-state index in [1.54, 1.807) is 25.3 Å². The SMILES string of the molecule is CCCCC(=O)Nc1cc(NC(=O)c2[nH]c(C)cc2C)ccc1OC. The Balaban J connectivity index is 2.16. The van der Waals surface area contributed by atoms with Crippen LogP contribution in [0.1, 0.15) is 47.9 Å². The van der Waals surface area contributed by atoms with Gasteiger partial charge < -0.3 is 20.4 Å². The minimum absolute atomic E-state index is 0.0699. The van der Waals surface area contributed by atoms with Crippen LogP contribution < -0.4 is 15.4 Å². The molecule has 2 rings (SSSR count). The lowest BCUT2D eigenvalue weighted by molar-refractivity contribution is -0.116. The van der Waals surface area contributed by atoms with Gasteiger partial charge in [-0.05, 0) is 50.1 Å². The van der Waals surface area contributed by atoms with Crippen molar-refractivity contribution >= 4 is 23.2 Å². The second kappa shape index (κ2) is 8.37. The Hall–Kier alpha value is -2.76. The number of rotatable bonds is 7. The summed E-state index contributed by atoms with van der Waals surface area (Å²) in [5, 5.41) is 5.69. The van der Waals surface area contributed by atoms with Gasteiger partial charge in [0.1, 0.15) is 11.4 Å². The van der Waals surface area contributed by atoms with Crippen LogP contribution in [0.25, 0.3) is 0 Å². The van der Waals surface area contributed by atoms with Crippen LogP contribution in [-0.2, 0) is 4.79 Å². The van der Waals surface area contributed by atoms with Crippen LogP contribution in [0.4, 0.5) is 11.4 Å². The van der Waals surface area contributed by atoms with Gasteiger partial charge in [0.2, 0.25) is 5.91 Å². The Labute approximate surface area is 148 Å². The van der Waals surface area contributed by atoms with Crippen LogP contribution in [0.15, 0.2) is 24.3 Å². The standard InChI is InChI=1S/C19H25N3O3/c1-5-6-7-17(23)22-15-11-14(8-9-16(15)25-4)21-19(24)18-12(2)10-13(3)20-18/h8-11,20H,5-7H2,1-4H3,(H,21,24)(H,22,23). The van der Waals surface area contributed by atoms with Crippen LogP contribution in [-0.4, -0.2) is 23.9 Å². The average Bonchev–Trinajstić information content (AvgIpc) is 2.91. The van der Waals surface area contributed by atoms with Crippen LogP contribution in [0.5, 0.6) is 5.75 Å². The number of carbonyl (C=O) groups excluding carboxylic acids is 2. The van der Waals surface area contributed by atoms with Crippen LogP contribution in [0.3, 0.4) is 0 Å². The zero-order valence-corrected chi connectivity index (χ0v) is 15.2. The fourth-order valence-electron chi connectivity index (χ4n) is 2.59. The number of aromatic nitrogens is 1. The summed E-state index contributed by atoms with van der Waals surface area (Å²) in [6.45, 7) is 5.82. The largest absolute Gasteiger partial charge is 0.495 e. The molecular formula is C19H25N3O3. The molecule has 0 aliphatic heterocycles. The molecule has 6 heteroatoms. The van der Waals surface area contributed by atoms with E-state index in [1.807, 2.05) is 26.8 Å². The average molecular weight is 343 g/mol. The summed E-state index contributed by atoms with van der Waals surface area (Å²) in [6.07, 6.45) is 2.24. The lowest BCUT2D eigenvalue weighted by Gasteiger charge is -2.13. The van der Waals surface area contributed by atoms with Gasteiger partial charge in [0.15, 0.2) is 0 Å². The van der Waals surface area contributed by atoms with E-state index in [1.165, 1.54) is 0 Å². The summed E-state index contributed by atoms with van der Waals surface area (Å²) in [7, 11) is 1.54. The third-order valence-electron chi connectivity index (χ3n) is 3.87. The second-order valence-corrected chi connectivity index (χ2v) is 6.03. The molecule has 6 nitrogen and oxygen atoms in total. The molecule has 0 fully saturated rings. The van der Waals surface area contributed by atoms with Crippen LogP contribution in [0.2, 0.25) is 0 Å². The fraction of sp³-hybridized carbons (Fsp3) is 0.368. The van der Waals surface area contributed by atoms with Crippen molar-refractivity contribution in [3.63, 3.8) is 0 Å². The van der Waals surface area contributed by atoms with Crippen molar-refractivity contribution < 1.29 is 14.3 Å². The molecule has 1 aromatic heterocycles. The summed E-state index contributed by atoms with van der Waals surface area (Å²) in [4.78, 5) is 27.4. The van der Waals surface area contributed by atoms with Crippen molar-refractivity contribution in [1.82, 2.24) is 4.98 Å². The summed E-state index contributed by atoms with van der Waals surface area (Å²) in [6, 6.07) is 7.08. The first-order chi connectivity index (χ1) is 11.9. The van der Waals surface area contributed by atoms with Gasteiger partial charge in [-0.2, -0.15) is 0 Å². The number of nitrogens with one attached hydrogen (secondary N) is 3. The molecule has 0 radical (unpaired) electrons. The number of H-pyrrole nitrogens is 1. The Bertz CT molecular complexity index is 765. The maximum absolute atomic E-state index is 12.4. The predicted octanol–water partition coefficient (Wildman–Crippen LogP) is 4.02. The van der Waals surface area contributed by atoms with Gasteiger partial charge in [0.05, 0.1) is 12.8 Å². The van der Waals surface area contributed by atoms with Gasteiger partial charge >= 0.3 is 0 Å². The monoisotopic (exact) mass is 343 g/mol. The molecule has 0 saturated heterocycles. The summed E-state index contributed by atoms with van der Waals surface area (Å²) in [5.74, 6) is 0.258. The number of benzene rings is 1. The fourth-order valence-corrected chi connectivity index (χ4v) is 2.59. The normalized spacial score (nSPS) is 10.4. The topological polar surface area (TPSA) is 83.2 Å². The predicted molar refractivity (Wildman–Crippen MR) is 99.4 cm³/mol. The maximum Gasteiger partial charge on any atom is 0.272 e. The highest BCUT2D eigenvalue weighted by Crippen LogP contribution is 2.28. The second-order valence-electron chi connectivity index (χ2n) is 6.03. The number of ether oxygens (including phenoxy) is 1. The third-order valence-corrected chi connectivity index (χ3v) is 3.87. The quantitative estimate of drug-likeness (QED) is 0.710. The molecule has 1 aromatic carbocycles. The molecule has 3 N–H and O–H groups in total. The molecular weight excluding hydrogens is 318 g/mol. The number of aryl methyl sites for hydroxylation is 2. The van der Waals surface area contributed by atoms with E-state index in [-0.39, 0.29) is 11.8 Å². The lowest BCUT2D eigenvalue weighted by Crippen LogP contribution is -2.15. The number of hydrogen-bond donors (Lipinski definition) is 3. The minimum atomic E-state index is -0.223. The number of carbonyl (C=O) groups is 2. The zero-order chi connectivity index (χ0) is 18.4. The van der Waals surface area contributed by atoms with Crippen molar-refractivity contribution in [3.05, 3.63) is 41.2 Å². The van der Waals surface area contributed by atoms with Crippen LogP contribution >= 0.6 is 0 Å². The molecule has 0 atom stereocenters. The summed E-state index contributed by atoms with van der Waals surface area (Å²) < 4.78 is 5.28. The van der Waals surface area contributed by atoms with E-state index in [0.29, 0.717) is 29.2 Å². The van der Waals surface area contributed by atoms with Gasteiger partial charge in [-0.15, -0.1) is 0 Å². The van der Waals surface area contributed by atoms with Crippen LogP contribution in [0, 0.1) is 13.8 Å². The summed E-state index contributed by atoms with van der Waals surface area (Å²) >= 11 is 0. The molecule has 134 valence electrons. The number of anilines is 2. The highest BCUT2D eigenvalue weighted by atomic mass is 16.5. The number of hydrogen-bond acceptors (Lipinski definition) is 3. The van der Waals surface area contributed by atoms with Crippen molar-refractivity contribution in [1.29, 1.82) is 0 Å². The van der Waals surface area contributed by atoms with E-state index in [4.69, 9.17) is 4.74 Å². The Kier molecular flexibility index (Phi) is 6.22. The van der Waals surface area contributed by atoms with E-state index >= 15 is 0 Å². The van der Waals surface area contributed by atoms with Gasteiger partial charge in [0.25, 0.3) is 5.91 Å². The van der Waals surface area contributed by atoms with Crippen molar-refractivity contribution in [3.8, 4) is 5.75 Å². The van der Waals surface area contributed by atoms with Gasteiger partial charge in [-0.25, -0.2) is 0 Å². The Morgan fingerprint density at radius 2 is 1.92 bits per heavy atom. The number of amides is 2. The van der Waals surface area contributed by atoms with Gasteiger partial charge in [0, 0.05) is 17.8 Å². The summed E-state index contributed by atoms with van der Waals surface area (Å²) in [5.41, 5.74) is 3.48. The van der Waals surface area contributed by atoms with Gasteiger partial charge in [-0.3, -0.25) is 9.59 Å². The van der Waals surface area contributed by atoms with Crippen molar-refractivity contribution in [2.45, 2.75) is 40.0 Å². The van der Waals surface area contributed by atoms with E-state index in [0.717, 1.165) is 24.1 Å². The Morgan fingerprint density at radius 1 is 1.16 bits per heavy atom. The first-order valence-electron chi connectivity index (χ1n) is 8.40. The molecule has 0 bridgehead atoms. The van der Waals surface area contributed by atoms with E-state index in [2.05, 4.69) is 15.6 Å². The smallest absolute Gasteiger partial charge is 0.272 e. The molecule has 0 spiro atoms. The Morgan fingerprint density at radius 3 is 2.52 bits per heavy atom. The highest BCUT2D eigenvalue weighted by Gasteiger charge is 2.14. The molecule has 0 unspecified atom stereocenters. The molecule has 0 saturated carbocycles. The molecule has 2 amide bonds. The maximum atomic E-state index is 12.4. The van der Waals surface area contributed by atoms with E-state index in [9.17, 15) is 9.59 Å². The number of unbranched alkanes of at least 4 members (excludes halogenated alkanes) is 1. The number of methoxy groups -OCH3 is 1. The van der Waals surface area contributed by atoms with Crippen molar-refractivity contribution in [2.24, 2.45) is 0 Å².